The average molecular weight is 404 g/mol. The topological polar surface area (TPSA) is 57.8 Å². The van der Waals surface area contributed by atoms with Crippen LogP contribution in [0.5, 0.6) is 0 Å². The summed E-state index contributed by atoms with van der Waals surface area (Å²) in [6.07, 6.45) is 2.79. The van der Waals surface area contributed by atoms with Crippen LogP contribution in [0.4, 0.5) is 5.69 Å². The maximum absolute atomic E-state index is 12.4. The smallest absolute Gasteiger partial charge is 0.307 e. The summed E-state index contributed by atoms with van der Waals surface area (Å²) in [4.78, 5) is 14.9. The third-order valence-corrected chi connectivity index (χ3v) is 5.85. The van der Waals surface area contributed by atoms with Gasteiger partial charge in [0.15, 0.2) is 5.76 Å². The van der Waals surface area contributed by atoms with E-state index in [9.17, 15) is 4.79 Å². The first-order valence-corrected chi connectivity index (χ1v) is 10.5. The van der Waals surface area contributed by atoms with E-state index < -0.39 is 0 Å². The summed E-state index contributed by atoms with van der Waals surface area (Å²) in [6.45, 7) is 11.4. The number of benzene rings is 2. The first-order chi connectivity index (χ1) is 14.3. The zero-order valence-corrected chi connectivity index (χ0v) is 18.3. The van der Waals surface area contributed by atoms with E-state index in [2.05, 4.69) is 68.2 Å². The first-order valence-electron chi connectivity index (χ1n) is 10.5. The number of hydrazone groups is 1. The van der Waals surface area contributed by atoms with Crippen LogP contribution in [0.1, 0.15) is 68.6 Å². The van der Waals surface area contributed by atoms with Gasteiger partial charge in [0.05, 0.1) is 6.21 Å². The predicted octanol–water partition coefficient (Wildman–Crippen LogP) is 5.70. The van der Waals surface area contributed by atoms with Gasteiger partial charge in [-0.1, -0.05) is 31.2 Å². The molecule has 156 valence electrons. The number of amides is 1. The monoisotopic (exact) mass is 403 g/mol. The molecule has 1 aliphatic heterocycles. The Labute approximate surface area is 177 Å². The molecule has 0 fully saturated rings. The second-order valence-electron chi connectivity index (χ2n) is 9.05. The molecular formula is C25H29N3O2. The molecule has 4 rings (SSSR count). The highest BCUT2D eigenvalue weighted by molar-refractivity contribution is 5.96. The molecule has 0 spiro atoms. The summed E-state index contributed by atoms with van der Waals surface area (Å²) >= 11 is 0. The second-order valence-corrected chi connectivity index (χ2v) is 9.05. The van der Waals surface area contributed by atoms with Crippen molar-refractivity contribution in [1.82, 2.24) is 5.43 Å². The first kappa shape index (κ1) is 20.2. The Bertz CT molecular complexity index is 1080. The minimum Gasteiger partial charge on any atom is -0.451 e. The highest BCUT2D eigenvalue weighted by Crippen LogP contribution is 2.44. The van der Waals surface area contributed by atoms with Crippen LogP contribution in [0.15, 0.2) is 58.0 Å². The summed E-state index contributed by atoms with van der Waals surface area (Å²) in [7, 11) is 0. The van der Waals surface area contributed by atoms with Crippen LogP contribution >= 0.6 is 0 Å². The number of nitrogens with zero attached hydrogens (tertiary/aromatic N) is 2. The molecule has 1 N–H and O–H groups in total. The molecule has 1 aromatic heterocycles. The Morgan fingerprint density at radius 2 is 2.00 bits per heavy atom. The second kappa shape index (κ2) is 7.63. The molecule has 5 nitrogen and oxygen atoms in total. The van der Waals surface area contributed by atoms with Crippen molar-refractivity contribution in [1.29, 1.82) is 0 Å². The van der Waals surface area contributed by atoms with Gasteiger partial charge in [-0.15, -0.1) is 0 Å². The van der Waals surface area contributed by atoms with Gasteiger partial charge in [0.25, 0.3) is 0 Å². The lowest BCUT2D eigenvalue weighted by molar-refractivity contribution is 0.0929. The van der Waals surface area contributed by atoms with Gasteiger partial charge in [0.1, 0.15) is 5.58 Å². The van der Waals surface area contributed by atoms with Crippen LogP contribution < -0.4 is 10.3 Å². The molecule has 0 saturated heterocycles. The Hall–Kier alpha value is -3.08. The standard InChI is InChI=1S/C25H29N3O2/c1-16(2)28-21-11-10-18(12-20(21)17(3)14-25(28,4)5)15-26-27-24(29)23-13-19-8-6-7-9-22(19)30-23/h6-13,15-17H,14H2,1-5H3,(H,27,29)/b26-15+/t17-/m0/s1. The number of rotatable bonds is 4. The number of fused-ring (bicyclic) bond motifs is 2. The fraction of sp³-hybridized carbons (Fsp3) is 0.360. The molecule has 0 unspecified atom stereocenters. The number of carbonyl (C=O) groups excluding carboxylic acids is 1. The molecule has 2 aromatic carbocycles. The number of hydrogen-bond acceptors (Lipinski definition) is 4. The predicted molar refractivity (Wildman–Crippen MR) is 122 cm³/mol. The summed E-state index contributed by atoms with van der Waals surface area (Å²) in [5.74, 6) is 0.354. The summed E-state index contributed by atoms with van der Waals surface area (Å²) in [5.41, 5.74) is 6.96. The number of furan rings is 1. The maximum atomic E-state index is 12.4. The van der Waals surface area contributed by atoms with Crippen LogP contribution in [-0.4, -0.2) is 23.7 Å². The molecule has 0 aliphatic carbocycles. The van der Waals surface area contributed by atoms with Gasteiger partial charge < -0.3 is 9.32 Å². The maximum Gasteiger partial charge on any atom is 0.307 e. The van der Waals surface area contributed by atoms with Crippen LogP contribution in [0.3, 0.4) is 0 Å². The zero-order valence-electron chi connectivity index (χ0n) is 18.3. The number of carbonyl (C=O) groups is 1. The normalized spacial score (nSPS) is 18.2. The highest BCUT2D eigenvalue weighted by Gasteiger charge is 2.37. The molecule has 0 radical (unpaired) electrons. The molecule has 0 bridgehead atoms. The van der Waals surface area contributed by atoms with Crippen molar-refractivity contribution in [2.24, 2.45) is 5.10 Å². The fourth-order valence-electron chi connectivity index (χ4n) is 4.84. The minimum atomic E-state index is -0.360. The lowest BCUT2D eigenvalue weighted by Gasteiger charge is -2.50. The summed E-state index contributed by atoms with van der Waals surface area (Å²) in [5, 5.41) is 5.04. The Kier molecular flexibility index (Phi) is 5.14. The molecule has 2 heterocycles. The van der Waals surface area contributed by atoms with Gasteiger partial charge in [0, 0.05) is 22.7 Å². The molecule has 1 aliphatic rings. The third-order valence-electron chi connectivity index (χ3n) is 5.85. The van der Waals surface area contributed by atoms with Gasteiger partial charge in [-0.05, 0) is 75.4 Å². The molecular weight excluding hydrogens is 374 g/mol. The van der Waals surface area contributed by atoms with E-state index in [-0.39, 0.29) is 17.2 Å². The lowest BCUT2D eigenvalue weighted by atomic mass is 9.79. The van der Waals surface area contributed by atoms with Crippen LogP contribution in [0.25, 0.3) is 11.0 Å². The van der Waals surface area contributed by atoms with E-state index in [0.29, 0.717) is 17.5 Å². The van der Waals surface area contributed by atoms with E-state index >= 15 is 0 Å². The molecule has 3 aromatic rings. The summed E-state index contributed by atoms with van der Waals surface area (Å²) < 4.78 is 5.58. The number of anilines is 1. The molecule has 1 atom stereocenters. The molecule has 30 heavy (non-hydrogen) atoms. The lowest BCUT2D eigenvalue weighted by Crippen LogP contribution is -2.51. The van der Waals surface area contributed by atoms with Gasteiger partial charge in [-0.3, -0.25) is 4.79 Å². The van der Waals surface area contributed by atoms with Crippen molar-refractivity contribution >= 4 is 28.8 Å². The van der Waals surface area contributed by atoms with E-state index in [4.69, 9.17) is 4.42 Å². The molecule has 5 heteroatoms. The van der Waals surface area contributed by atoms with E-state index in [1.165, 1.54) is 11.3 Å². The van der Waals surface area contributed by atoms with E-state index in [0.717, 1.165) is 17.4 Å². The van der Waals surface area contributed by atoms with Gasteiger partial charge in [-0.2, -0.15) is 5.10 Å². The number of hydrogen-bond donors (Lipinski definition) is 1. The van der Waals surface area contributed by atoms with E-state index in [1.807, 2.05) is 24.3 Å². The quantitative estimate of drug-likeness (QED) is 0.449. The van der Waals surface area contributed by atoms with Crippen LogP contribution in [0.2, 0.25) is 0 Å². The van der Waals surface area contributed by atoms with Crippen molar-refractivity contribution in [2.45, 2.75) is 58.5 Å². The third kappa shape index (κ3) is 3.72. The van der Waals surface area contributed by atoms with Gasteiger partial charge >= 0.3 is 5.91 Å². The van der Waals surface area contributed by atoms with Crippen LogP contribution in [0, 0.1) is 0 Å². The number of para-hydroxylation sites is 1. The minimum absolute atomic E-state index is 0.122. The Morgan fingerprint density at radius 1 is 1.23 bits per heavy atom. The van der Waals surface area contributed by atoms with Crippen molar-refractivity contribution in [2.75, 3.05) is 4.90 Å². The van der Waals surface area contributed by atoms with Crippen molar-refractivity contribution in [3.63, 3.8) is 0 Å². The van der Waals surface area contributed by atoms with Gasteiger partial charge in [0.2, 0.25) is 0 Å². The number of nitrogens with one attached hydrogen (secondary N) is 1. The average Bonchev–Trinajstić information content (AvgIpc) is 3.11. The van der Waals surface area contributed by atoms with Crippen molar-refractivity contribution < 1.29 is 9.21 Å². The Morgan fingerprint density at radius 3 is 2.73 bits per heavy atom. The van der Waals surface area contributed by atoms with Gasteiger partial charge in [-0.25, -0.2) is 5.43 Å². The zero-order chi connectivity index (χ0) is 21.5. The van der Waals surface area contributed by atoms with E-state index in [1.54, 1.807) is 12.3 Å². The highest BCUT2D eigenvalue weighted by atomic mass is 16.3. The van der Waals surface area contributed by atoms with Crippen molar-refractivity contribution in [3.05, 3.63) is 65.4 Å². The fourth-order valence-corrected chi connectivity index (χ4v) is 4.84. The largest absolute Gasteiger partial charge is 0.451 e. The van der Waals surface area contributed by atoms with Crippen LogP contribution in [-0.2, 0) is 0 Å². The molecule has 1 amide bonds. The Balaban J connectivity index is 1.52. The van der Waals surface area contributed by atoms with Crippen molar-refractivity contribution in [3.8, 4) is 0 Å². The SMILES string of the molecule is CC(C)N1c2ccc(/C=N/NC(=O)c3cc4ccccc4o3)cc2[C@@H](C)CC1(C)C. The summed E-state index contributed by atoms with van der Waals surface area (Å²) in [6, 6.07) is 16.1. The molecule has 0 saturated carbocycles.